The third-order valence-electron chi connectivity index (χ3n) is 6.33. The summed E-state index contributed by atoms with van der Waals surface area (Å²) < 4.78 is 21.2. The van der Waals surface area contributed by atoms with Gasteiger partial charge in [-0.25, -0.2) is 4.79 Å². The van der Waals surface area contributed by atoms with Crippen LogP contribution in [0, 0.1) is 0 Å². The minimum Gasteiger partial charge on any atom is -0.477 e. The van der Waals surface area contributed by atoms with Crippen molar-refractivity contribution in [1.29, 1.82) is 0 Å². The first-order valence-corrected chi connectivity index (χ1v) is 15.6. The highest BCUT2D eigenvalue weighted by Crippen LogP contribution is 2.27. The second kappa shape index (κ2) is 21.0. The summed E-state index contributed by atoms with van der Waals surface area (Å²) in [5.74, 6) is 1.56. The molecule has 0 aromatic heterocycles. The fourth-order valence-corrected chi connectivity index (χ4v) is 5.38. The molecule has 36 heavy (non-hydrogen) atoms. The number of hydrogen-bond donors (Lipinski definition) is 2. The molecule has 0 bridgehead atoms. The van der Waals surface area contributed by atoms with Crippen LogP contribution in [0.2, 0.25) is 0 Å². The van der Waals surface area contributed by atoms with E-state index in [1.54, 1.807) is 0 Å². The summed E-state index contributed by atoms with van der Waals surface area (Å²) >= 11 is 2.11. The molecule has 0 heterocycles. The van der Waals surface area contributed by atoms with Gasteiger partial charge in [-0.3, -0.25) is 4.57 Å². The highest BCUT2D eigenvalue weighted by Gasteiger charge is 2.38. The van der Waals surface area contributed by atoms with Crippen molar-refractivity contribution >= 4 is 26.2 Å². The van der Waals surface area contributed by atoms with E-state index in [2.05, 4.69) is 49.0 Å². The molecule has 0 amide bonds. The number of ether oxygens (including phenoxy) is 2. The number of carboxylic acids is 1. The third-order valence-corrected chi connectivity index (χ3v) is 8.00. The van der Waals surface area contributed by atoms with Crippen molar-refractivity contribution < 1.29 is 29.0 Å². The van der Waals surface area contributed by atoms with Crippen LogP contribution >= 0.6 is 20.2 Å². The first kappa shape index (κ1) is 33.0. The van der Waals surface area contributed by atoms with Crippen LogP contribution in [-0.2, 0) is 18.8 Å². The number of aliphatic hydroxyl groups is 1. The average Bonchev–Trinajstić information content (AvgIpc) is 2.88. The molecule has 3 unspecified atom stereocenters. The molecular formula is C28H47O6PS. The number of carboxylic acid groups (broad SMARTS) is 1. The summed E-state index contributed by atoms with van der Waals surface area (Å²) in [6.45, 7) is 4.69. The van der Waals surface area contributed by atoms with Gasteiger partial charge in [-0.05, 0) is 62.0 Å². The summed E-state index contributed by atoms with van der Waals surface area (Å²) in [5.41, 5.74) is -1.16. The maximum atomic E-state index is 10.8. The fraction of sp³-hybridized carbons (Fsp3) is 0.750. The Kier molecular flexibility index (Phi) is 19.3. The highest BCUT2D eigenvalue weighted by atomic mass is 32.2. The van der Waals surface area contributed by atoms with E-state index < -0.39 is 20.0 Å². The Labute approximate surface area is 224 Å². The monoisotopic (exact) mass is 542 g/mol. The number of aliphatic carboxylic acids is 1. The zero-order valence-corrected chi connectivity index (χ0v) is 23.9. The molecule has 0 fully saturated rings. The first-order valence-electron chi connectivity index (χ1n) is 13.6. The van der Waals surface area contributed by atoms with Gasteiger partial charge in [0.05, 0.1) is 12.7 Å². The Morgan fingerprint density at radius 1 is 0.944 bits per heavy atom. The van der Waals surface area contributed by atoms with Crippen molar-refractivity contribution in [2.75, 3.05) is 24.7 Å². The minimum atomic E-state index is -2.66. The van der Waals surface area contributed by atoms with Crippen LogP contribution in [0.15, 0.2) is 30.3 Å². The lowest BCUT2D eigenvalue weighted by Crippen LogP contribution is -2.35. The van der Waals surface area contributed by atoms with Gasteiger partial charge in [-0.2, -0.15) is 11.8 Å². The third kappa shape index (κ3) is 15.3. The molecule has 2 N–H and O–H groups in total. The van der Waals surface area contributed by atoms with Crippen molar-refractivity contribution in [3.63, 3.8) is 0 Å². The molecule has 0 aliphatic carbocycles. The molecule has 8 heteroatoms. The number of hydrogen-bond acceptors (Lipinski definition) is 6. The van der Waals surface area contributed by atoms with E-state index >= 15 is 0 Å². The molecule has 1 aromatic rings. The number of unbranched alkanes of at least 4 members (excludes halogenated alkanes) is 6. The summed E-state index contributed by atoms with van der Waals surface area (Å²) in [5, 5.41) is 18.2. The number of benzene rings is 1. The SMILES string of the molecule is CCCCC(CCSCCCCCCCCC(C)OCCCOC(O)(P=O)C(=O)O)c1ccccc1. The van der Waals surface area contributed by atoms with Crippen molar-refractivity contribution in [3.05, 3.63) is 35.9 Å². The quantitative estimate of drug-likeness (QED) is 0.0787. The molecule has 0 radical (unpaired) electrons. The zero-order valence-electron chi connectivity index (χ0n) is 22.2. The van der Waals surface area contributed by atoms with Crippen LogP contribution in [0.3, 0.4) is 0 Å². The van der Waals surface area contributed by atoms with E-state index in [-0.39, 0.29) is 12.7 Å². The Bertz CT molecular complexity index is 692. The van der Waals surface area contributed by atoms with Crippen LogP contribution in [0.4, 0.5) is 0 Å². The Balaban J connectivity index is 1.95. The second-order valence-electron chi connectivity index (χ2n) is 9.45. The first-order chi connectivity index (χ1) is 17.4. The Morgan fingerprint density at radius 2 is 1.64 bits per heavy atom. The summed E-state index contributed by atoms with van der Waals surface area (Å²) in [4.78, 5) is 10.8. The zero-order chi connectivity index (χ0) is 26.5. The summed E-state index contributed by atoms with van der Waals surface area (Å²) in [6, 6.07) is 11.0. The van der Waals surface area contributed by atoms with Gasteiger partial charge in [-0.1, -0.05) is 82.2 Å². The normalized spacial score (nSPS) is 15.0. The molecule has 1 rings (SSSR count). The highest BCUT2D eigenvalue weighted by molar-refractivity contribution is 7.99. The van der Waals surface area contributed by atoms with Crippen LogP contribution in [0.5, 0.6) is 0 Å². The predicted molar refractivity (Wildman–Crippen MR) is 149 cm³/mol. The van der Waals surface area contributed by atoms with Crippen molar-refractivity contribution in [2.24, 2.45) is 0 Å². The van der Waals surface area contributed by atoms with Crippen molar-refractivity contribution in [1.82, 2.24) is 0 Å². The van der Waals surface area contributed by atoms with E-state index in [4.69, 9.17) is 14.6 Å². The number of rotatable bonds is 24. The molecule has 6 nitrogen and oxygen atoms in total. The second-order valence-corrected chi connectivity index (χ2v) is 11.5. The number of thioether (sulfide) groups is 1. The van der Waals surface area contributed by atoms with Gasteiger partial charge in [0.25, 0.3) is 0 Å². The maximum absolute atomic E-state index is 10.8. The fourth-order valence-electron chi connectivity index (χ4n) is 4.09. The van der Waals surface area contributed by atoms with E-state index in [1.165, 1.54) is 74.9 Å². The van der Waals surface area contributed by atoms with Gasteiger partial charge >= 0.3 is 11.5 Å². The molecule has 0 saturated carbocycles. The molecular weight excluding hydrogens is 495 g/mol. The molecule has 1 aromatic carbocycles. The molecule has 206 valence electrons. The lowest BCUT2D eigenvalue weighted by atomic mass is 9.91. The van der Waals surface area contributed by atoms with E-state index in [1.807, 2.05) is 6.92 Å². The van der Waals surface area contributed by atoms with Crippen LogP contribution < -0.4 is 0 Å². The van der Waals surface area contributed by atoms with Crippen LogP contribution in [0.1, 0.15) is 102 Å². The standard InChI is InChI=1S/C28H47O6PS/c1-3-4-16-26(25-17-11-9-12-18-25)19-23-36-22-13-8-6-5-7-10-15-24(2)33-20-14-21-34-28(31,35-32)27(29)30/h9,11-12,17-18,24,26,31H,3-8,10,13-16,19-23H2,1-2H3,(H,29,30). The number of carbonyl (C=O) groups is 1. The average molecular weight is 543 g/mol. The molecule has 0 spiro atoms. The molecule has 0 aliphatic rings. The Morgan fingerprint density at radius 3 is 2.31 bits per heavy atom. The minimum absolute atomic E-state index is 0.0322. The molecule has 0 saturated heterocycles. The van der Waals surface area contributed by atoms with Gasteiger partial charge in [0, 0.05) is 6.61 Å². The van der Waals surface area contributed by atoms with Crippen molar-refractivity contribution in [2.45, 2.75) is 108 Å². The van der Waals surface area contributed by atoms with E-state index in [0.29, 0.717) is 18.9 Å². The largest absolute Gasteiger partial charge is 0.477 e. The van der Waals surface area contributed by atoms with Crippen LogP contribution in [-0.4, -0.2) is 52.5 Å². The Hall–Kier alpha value is -0.980. The van der Waals surface area contributed by atoms with Gasteiger partial charge in [0.2, 0.25) is 8.46 Å². The van der Waals surface area contributed by atoms with Gasteiger partial charge in [0.15, 0.2) is 0 Å². The lowest BCUT2D eigenvalue weighted by Gasteiger charge is -2.17. The van der Waals surface area contributed by atoms with Gasteiger partial charge in [-0.15, -0.1) is 0 Å². The maximum Gasteiger partial charge on any atom is 0.377 e. The van der Waals surface area contributed by atoms with Gasteiger partial charge < -0.3 is 19.7 Å². The molecule has 0 aliphatic heterocycles. The van der Waals surface area contributed by atoms with E-state index in [9.17, 15) is 14.5 Å². The smallest absolute Gasteiger partial charge is 0.377 e. The lowest BCUT2D eigenvalue weighted by molar-refractivity contribution is -0.190. The van der Waals surface area contributed by atoms with Crippen molar-refractivity contribution in [3.8, 4) is 0 Å². The van der Waals surface area contributed by atoms with Gasteiger partial charge in [0.1, 0.15) is 0 Å². The van der Waals surface area contributed by atoms with E-state index in [0.717, 1.165) is 12.8 Å². The topological polar surface area (TPSA) is 93.1 Å². The predicted octanol–water partition coefficient (Wildman–Crippen LogP) is 7.65. The van der Waals surface area contributed by atoms with Crippen LogP contribution in [0.25, 0.3) is 0 Å². The summed E-state index contributed by atoms with van der Waals surface area (Å²) in [7, 11) is -0.982. The molecule has 3 atom stereocenters. The summed E-state index contributed by atoms with van der Waals surface area (Å²) in [6.07, 6.45) is 14.3.